The van der Waals surface area contributed by atoms with Gasteiger partial charge in [0.25, 0.3) is 0 Å². The molecule has 2 aromatic rings. The largest absolute Gasteiger partial charge is 0.416 e. The average Bonchev–Trinajstić information content (AvgIpc) is 2.75. The number of anilines is 2. The summed E-state index contributed by atoms with van der Waals surface area (Å²) in [5.41, 5.74) is -0.587. The summed E-state index contributed by atoms with van der Waals surface area (Å²) < 4.78 is 39.8. The Labute approximate surface area is 118 Å². The van der Waals surface area contributed by atoms with E-state index in [1.165, 1.54) is 6.07 Å². The zero-order valence-electron chi connectivity index (χ0n) is 10.3. The van der Waals surface area contributed by atoms with Crippen molar-refractivity contribution in [3.8, 4) is 0 Å². The van der Waals surface area contributed by atoms with Crippen LogP contribution in [0.5, 0.6) is 0 Å². The van der Waals surface area contributed by atoms with Crippen molar-refractivity contribution in [3.05, 3.63) is 53.8 Å². The Hall–Kier alpha value is -1.95. The summed E-state index contributed by atoms with van der Waals surface area (Å²) in [6.07, 6.45) is 0.449. The molecule has 1 aromatic heterocycles. The van der Waals surface area contributed by atoms with Crippen molar-refractivity contribution in [2.24, 2.45) is 0 Å². The van der Waals surface area contributed by atoms with Crippen LogP contribution in [-0.2, 0) is 12.7 Å². The molecular formula is C13H11ClF3N3. The molecule has 0 aliphatic heterocycles. The molecule has 0 amide bonds. The molecule has 0 saturated carbocycles. The van der Waals surface area contributed by atoms with Gasteiger partial charge in [0.2, 0.25) is 5.95 Å². The van der Waals surface area contributed by atoms with E-state index in [1.54, 1.807) is 23.0 Å². The van der Waals surface area contributed by atoms with Crippen LogP contribution in [0.15, 0.2) is 43.2 Å². The molecule has 0 fully saturated rings. The number of hydrogen-bond acceptors (Lipinski definition) is 2. The fourth-order valence-corrected chi connectivity index (χ4v) is 1.91. The van der Waals surface area contributed by atoms with Gasteiger partial charge in [0.1, 0.15) is 0 Å². The summed E-state index contributed by atoms with van der Waals surface area (Å²) in [7, 11) is 0. The SMILES string of the molecule is C=CCn1ccnc1Nc1cc(Cl)cc(C(F)(F)F)c1. The molecule has 20 heavy (non-hydrogen) atoms. The van der Waals surface area contributed by atoms with Crippen molar-refractivity contribution < 1.29 is 13.2 Å². The number of aromatic nitrogens is 2. The Kier molecular flexibility index (Phi) is 4.04. The molecule has 0 aliphatic carbocycles. The molecule has 3 nitrogen and oxygen atoms in total. The van der Waals surface area contributed by atoms with E-state index in [9.17, 15) is 13.2 Å². The zero-order chi connectivity index (χ0) is 14.8. The highest BCUT2D eigenvalue weighted by atomic mass is 35.5. The standard InChI is InChI=1S/C13H11ClF3N3/c1-2-4-20-5-3-18-12(20)19-11-7-9(13(15,16)17)6-10(14)8-11/h2-3,5-8H,1,4H2,(H,18,19). The highest BCUT2D eigenvalue weighted by Crippen LogP contribution is 2.33. The third-order valence-corrected chi connectivity index (χ3v) is 2.74. The third-order valence-electron chi connectivity index (χ3n) is 2.52. The molecule has 7 heteroatoms. The van der Waals surface area contributed by atoms with Crippen LogP contribution in [0.1, 0.15) is 5.56 Å². The Morgan fingerprint density at radius 2 is 2.10 bits per heavy atom. The first-order valence-corrected chi connectivity index (χ1v) is 6.05. The molecule has 1 N–H and O–H groups in total. The minimum Gasteiger partial charge on any atom is -0.326 e. The Balaban J connectivity index is 2.31. The zero-order valence-corrected chi connectivity index (χ0v) is 11.0. The van der Waals surface area contributed by atoms with Crippen LogP contribution in [-0.4, -0.2) is 9.55 Å². The Morgan fingerprint density at radius 1 is 1.35 bits per heavy atom. The van der Waals surface area contributed by atoms with Crippen molar-refractivity contribution in [1.82, 2.24) is 9.55 Å². The van der Waals surface area contributed by atoms with Crippen molar-refractivity contribution in [2.75, 3.05) is 5.32 Å². The van der Waals surface area contributed by atoms with Gasteiger partial charge >= 0.3 is 6.18 Å². The summed E-state index contributed by atoms with van der Waals surface area (Å²) in [5.74, 6) is 0.417. The van der Waals surface area contributed by atoms with Crippen LogP contribution in [0.3, 0.4) is 0 Å². The molecule has 0 saturated heterocycles. The van der Waals surface area contributed by atoms with Crippen LogP contribution < -0.4 is 5.32 Å². The number of nitrogens with zero attached hydrogens (tertiary/aromatic N) is 2. The monoisotopic (exact) mass is 301 g/mol. The smallest absolute Gasteiger partial charge is 0.326 e. The van der Waals surface area contributed by atoms with E-state index in [0.717, 1.165) is 12.1 Å². The molecule has 2 rings (SSSR count). The number of nitrogens with one attached hydrogen (secondary N) is 1. The number of benzene rings is 1. The van der Waals surface area contributed by atoms with E-state index in [2.05, 4.69) is 16.9 Å². The fourth-order valence-electron chi connectivity index (χ4n) is 1.67. The average molecular weight is 302 g/mol. The summed E-state index contributed by atoms with van der Waals surface area (Å²) in [6, 6.07) is 3.27. The van der Waals surface area contributed by atoms with Crippen molar-refractivity contribution >= 4 is 23.2 Å². The van der Waals surface area contributed by atoms with E-state index in [0.29, 0.717) is 12.5 Å². The molecule has 1 heterocycles. The lowest BCUT2D eigenvalue weighted by Crippen LogP contribution is -2.07. The van der Waals surface area contributed by atoms with Crippen molar-refractivity contribution in [1.29, 1.82) is 0 Å². The topological polar surface area (TPSA) is 29.9 Å². The lowest BCUT2D eigenvalue weighted by molar-refractivity contribution is -0.137. The maximum absolute atomic E-state index is 12.7. The highest BCUT2D eigenvalue weighted by molar-refractivity contribution is 6.31. The van der Waals surface area contributed by atoms with Crippen LogP contribution in [0.25, 0.3) is 0 Å². The van der Waals surface area contributed by atoms with Gasteiger partial charge in [0.15, 0.2) is 0 Å². The van der Waals surface area contributed by atoms with E-state index in [1.807, 2.05) is 0 Å². The maximum Gasteiger partial charge on any atom is 0.416 e. The highest BCUT2D eigenvalue weighted by Gasteiger charge is 2.31. The van der Waals surface area contributed by atoms with Crippen LogP contribution in [0.4, 0.5) is 24.8 Å². The predicted octanol–water partition coefficient (Wildman–Crippen LogP) is 4.48. The molecule has 0 aliphatic rings. The van der Waals surface area contributed by atoms with E-state index < -0.39 is 11.7 Å². The fraction of sp³-hybridized carbons (Fsp3) is 0.154. The molecule has 0 bridgehead atoms. The molecule has 0 radical (unpaired) electrons. The second-order valence-electron chi connectivity index (χ2n) is 4.04. The van der Waals surface area contributed by atoms with Gasteiger partial charge in [-0.15, -0.1) is 6.58 Å². The first kappa shape index (κ1) is 14.5. The van der Waals surface area contributed by atoms with Crippen molar-refractivity contribution in [2.45, 2.75) is 12.7 Å². The van der Waals surface area contributed by atoms with Crippen LogP contribution >= 0.6 is 11.6 Å². The number of allylic oxidation sites excluding steroid dienone is 1. The number of hydrogen-bond donors (Lipinski definition) is 1. The summed E-state index contributed by atoms with van der Waals surface area (Å²) in [6.45, 7) is 4.09. The minimum absolute atomic E-state index is 0.00384. The van der Waals surface area contributed by atoms with Gasteiger partial charge < -0.3 is 9.88 Å². The maximum atomic E-state index is 12.7. The quantitative estimate of drug-likeness (QED) is 0.844. The second kappa shape index (κ2) is 5.58. The molecule has 0 unspecified atom stereocenters. The molecule has 1 aromatic carbocycles. The van der Waals surface area contributed by atoms with Gasteiger partial charge in [-0.25, -0.2) is 4.98 Å². The summed E-state index contributed by atoms with van der Waals surface area (Å²) in [4.78, 5) is 4.03. The second-order valence-corrected chi connectivity index (χ2v) is 4.48. The summed E-state index contributed by atoms with van der Waals surface area (Å²) >= 11 is 5.71. The lowest BCUT2D eigenvalue weighted by Gasteiger charge is -2.12. The summed E-state index contributed by atoms with van der Waals surface area (Å²) in [5, 5.41) is 2.81. The molecule has 0 spiro atoms. The molecule has 0 atom stereocenters. The van der Waals surface area contributed by atoms with E-state index in [-0.39, 0.29) is 10.7 Å². The minimum atomic E-state index is -4.45. The van der Waals surface area contributed by atoms with Crippen LogP contribution in [0, 0.1) is 0 Å². The van der Waals surface area contributed by atoms with Gasteiger partial charge in [-0.3, -0.25) is 0 Å². The van der Waals surface area contributed by atoms with E-state index in [4.69, 9.17) is 11.6 Å². The number of halogens is 4. The third kappa shape index (κ3) is 3.33. The van der Waals surface area contributed by atoms with Gasteiger partial charge in [0, 0.05) is 29.6 Å². The number of rotatable bonds is 4. The Bertz CT molecular complexity index is 620. The first-order chi connectivity index (χ1) is 9.40. The molecule has 106 valence electrons. The predicted molar refractivity (Wildman–Crippen MR) is 72.2 cm³/mol. The lowest BCUT2D eigenvalue weighted by atomic mass is 10.2. The molecular weight excluding hydrogens is 291 g/mol. The first-order valence-electron chi connectivity index (χ1n) is 5.67. The normalized spacial score (nSPS) is 11.4. The Morgan fingerprint density at radius 3 is 2.75 bits per heavy atom. The van der Waals surface area contributed by atoms with Gasteiger partial charge in [-0.05, 0) is 18.2 Å². The number of imidazole rings is 1. The number of alkyl halides is 3. The van der Waals surface area contributed by atoms with Gasteiger partial charge in [-0.1, -0.05) is 17.7 Å². The van der Waals surface area contributed by atoms with E-state index >= 15 is 0 Å². The van der Waals surface area contributed by atoms with Gasteiger partial charge in [0.05, 0.1) is 5.56 Å². The van der Waals surface area contributed by atoms with Crippen molar-refractivity contribution in [3.63, 3.8) is 0 Å². The van der Waals surface area contributed by atoms with Crippen LogP contribution in [0.2, 0.25) is 5.02 Å². The van der Waals surface area contributed by atoms with Gasteiger partial charge in [-0.2, -0.15) is 13.2 Å².